The van der Waals surface area contributed by atoms with Crippen LogP contribution in [0.4, 0.5) is 26.3 Å². The van der Waals surface area contributed by atoms with Gasteiger partial charge >= 0.3 is 12.4 Å². The summed E-state index contributed by atoms with van der Waals surface area (Å²) in [6.07, 6.45) is -11.2. The Morgan fingerprint density at radius 1 is 0.842 bits per heavy atom. The highest BCUT2D eigenvalue weighted by atomic mass is 19.4. The lowest BCUT2D eigenvalue weighted by atomic mass is 9.95. The minimum absolute atomic E-state index is 0.0382. The van der Waals surface area contributed by atoms with Gasteiger partial charge < -0.3 is 5.11 Å². The normalized spacial score (nSPS) is 14.8. The summed E-state index contributed by atoms with van der Waals surface area (Å²) >= 11 is 0. The van der Waals surface area contributed by atoms with E-state index in [4.69, 9.17) is 0 Å². The van der Waals surface area contributed by atoms with E-state index in [0.29, 0.717) is 12.1 Å². The summed E-state index contributed by atoms with van der Waals surface area (Å²) in [6.45, 7) is 3.00. The molecule has 1 rings (SSSR count). The summed E-state index contributed by atoms with van der Waals surface area (Å²) in [6, 6.07) is 1.12. The summed E-state index contributed by atoms with van der Waals surface area (Å²) in [7, 11) is 0. The lowest BCUT2D eigenvalue weighted by Crippen LogP contribution is -2.14. The highest BCUT2D eigenvalue weighted by Gasteiger charge is 2.37. The van der Waals surface area contributed by atoms with Crippen molar-refractivity contribution in [2.24, 2.45) is 5.92 Å². The Morgan fingerprint density at radius 2 is 1.21 bits per heavy atom. The summed E-state index contributed by atoms with van der Waals surface area (Å²) in [5.41, 5.74) is -3.23. The van der Waals surface area contributed by atoms with E-state index in [0.717, 1.165) is 0 Å². The van der Waals surface area contributed by atoms with E-state index in [1.165, 1.54) is 13.8 Å². The molecule has 7 heteroatoms. The van der Waals surface area contributed by atoms with Crippen molar-refractivity contribution in [3.05, 3.63) is 34.9 Å². The van der Waals surface area contributed by atoms with Crippen molar-refractivity contribution < 1.29 is 31.4 Å². The van der Waals surface area contributed by atoms with Gasteiger partial charge in [0.05, 0.1) is 17.2 Å². The van der Waals surface area contributed by atoms with Crippen molar-refractivity contribution in [2.75, 3.05) is 0 Å². The lowest BCUT2D eigenvalue weighted by Gasteiger charge is -2.19. The number of hydrogen-bond acceptors (Lipinski definition) is 1. The molecule has 1 aromatic rings. The van der Waals surface area contributed by atoms with Crippen LogP contribution in [0.15, 0.2) is 18.2 Å². The Balaban J connectivity index is 3.41. The van der Waals surface area contributed by atoms with Crippen molar-refractivity contribution in [3.8, 4) is 0 Å². The molecular formula is C12H12F6O. The molecule has 0 aliphatic heterocycles. The van der Waals surface area contributed by atoms with E-state index in [2.05, 4.69) is 0 Å². The molecule has 0 fully saturated rings. The maximum atomic E-state index is 12.6. The van der Waals surface area contributed by atoms with Crippen LogP contribution in [0.25, 0.3) is 0 Å². The van der Waals surface area contributed by atoms with Crippen LogP contribution in [0, 0.1) is 5.92 Å². The van der Waals surface area contributed by atoms with Crippen LogP contribution in [0.5, 0.6) is 0 Å². The van der Waals surface area contributed by atoms with Gasteiger partial charge in [-0.25, -0.2) is 0 Å². The number of halogens is 6. The van der Waals surface area contributed by atoms with Gasteiger partial charge in [-0.1, -0.05) is 13.8 Å². The maximum Gasteiger partial charge on any atom is 0.416 e. The van der Waals surface area contributed by atoms with Crippen molar-refractivity contribution >= 4 is 0 Å². The van der Waals surface area contributed by atoms with Gasteiger partial charge in [-0.3, -0.25) is 0 Å². The van der Waals surface area contributed by atoms with E-state index in [1.54, 1.807) is 0 Å². The zero-order chi connectivity index (χ0) is 15.0. The SMILES string of the molecule is CC(C)C(O)c1cc(C(F)(F)F)cc(C(F)(F)F)c1. The van der Waals surface area contributed by atoms with Crippen LogP contribution < -0.4 is 0 Å². The maximum absolute atomic E-state index is 12.6. The van der Waals surface area contributed by atoms with E-state index in [9.17, 15) is 31.4 Å². The third kappa shape index (κ3) is 3.86. The van der Waals surface area contributed by atoms with Gasteiger partial charge in [-0.2, -0.15) is 26.3 Å². The highest BCUT2D eigenvalue weighted by molar-refractivity contribution is 5.34. The Labute approximate surface area is 105 Å². The summed E-state index contributed by atoms with van der Waals surface area (Å²) < 4.78 is 75.3. The molecule has 0 heterocycles. The monoisotopic (exact) mass is 286 g/mol. The van der Waals surface area contributed by atoms with Crippen molar-refractivity contribution in [1.29, 1.82) is 0 Å². The minimum Gasteiger partial charge on any atom is -0.388 e. The van der Waals surface area contributed by atoms with E-state index >= 15 is 0 Å². The number of benzene rings is 1. The molecule has 0 saturated carbocycles. The summed E-state index contributed by atoms with van der Waals surface area (Å²) in [4.78, 5) is 0. The average molecular weight is 286 g/mol. The fourth-order valence-electron chi connectivity index (χ4n) is 1.53. The third-order valence-electron chi connectivity index (χ3n) is 2.58. The second-order valence-corrected chi connectivity index (χ2v) is 4.53. The zero-order valence-electron chi connectivity index (χ0n) is 10.1. The standard InChI is InChI=1S/C12H12F6O/c1-6(2)10(19)7-3-8(11(13,14)15)5-9(4-7)12(16,17)18/h3-6,10,19H,1-2H3. The fourth-order valence-corrected chi connectivity index (χ4v) is 1.53. The van der Waals surface area contributed by atoms with Crippen LogP contribution in [0.1, 0.15) is 36.6 Å². The minimum atomic E-state index is -4.90. The molecule has 1 aromatic carbocycles. The largest absolute Gasteiger partial charge is 0.416 e. The Morgan fingerprint density at radius 3 is 1.47 bits per heavy atom. The van der Waals surface area contributed by atoms with Gasteiger partial charge in [0.1, 0.15) is 0 Å². The highest BCUT2D eigenvalue weighted by Crippen LogP contribution is 2.38. The van der Waals surface area contributed by atoms with Crippen molar-refractivity contribution in [1.82, 2.24) is 0 Å². The number of hydrogen-bond donors (Lipinski definition) is 1. The molecule has 1 nitrogen and oxygen atoms in total. The molecule has 0 radical (unpaired) electrons. The first-order valence-electron chi connectivity index (χ1n) is 5.40. The molecule has 0 spiro atoms. The van der Waals surface area contributed by atoms with Crippen LogP contribution in [0.2, 0.25) is 0 Å². The smallest absolute Gasteiger partial charge is 0.388 e. The van der Waals surface area contributed by atoms with Gasteiger partial charge in [0.15, 0.2) is 0 Å². The van der Waals surface area contributed by atoms with Gasteiger partial charge in [-0.15, -0.1) is 0 Å². The van der Waals surface area contributed by atoms with E-state index in [-0.39, 0.29) is 6.07 Å². The number of aliphatic hydroxyl groups excluding tert-OH is 1. The predicted molar refractivity (Wildman–Crippen MR) is 56.2 cm³/mol. The molecule has 0 amide bonds. The fraction of sp³-hybridized carbons (Fsp3) is 0.500. The van der Waals surface area contributed by atoms with Gasteiger partial charge in [0, 0.05) is 0 Å². The Kier molecular flexibility index (Phi) is 4.19. The van der Waals surface area contributed by atoms with Gasteiger partial charge in [0.25, 0.3) is 0 Å². The molecule has 0 aromatic heterocycles. The lowest BCUT2D eigenvalue weighted by molar-refractivity contribution is -0.143. The molecule has 0 saturated heterocycles. The molecule has 108 valence electrons. The quantitative estimate of drug-likeness (QED) is 0.798. The zero-order valence-corrected chi connectivity index (χ0v) is 10.1. The number of alkyl halides is 6. The molecule has 1 unspecified atom stereocenters. The molecule has 1 N–H and O–H groups in total. The number of aliphatic hydroxyl groups is 1. The molecular weight excluding hydrogens is 274 g/mol. The van der Waals surface area contributed by atoms with Crippen LogP contribution in [-0.2, 0) is 12.4 Å². The Bertz CT molecular complexity index is 414. The van der Waals surface area contributed by atoms with Crippen molar-refractivity contribution in [2.45, 2.75) is 32.3 Å². The van der Waals surface area contributed by atoms with Crippen LogP contribution >= 0.6 is 0 Å². The summed E-state index contributed by atoms with van der Waals surface area (Å²) in [5, 5.41) is 9.64. The second-order valence-electron chi connectivity index (χ2n) is 4.53. The molecule has 1 atom stereocenters. The van der Waals surface area contributed by atoms with Crippen molar-refractivity contribution in [3.63, 3.8) is 0 Å². The topological polar surface area (TPSA) is 20.2 Å². The molecule has 0 aliphatic rings. The molecule has 19 heavy (non-hydrogen) atoms. The average Bonchev–Trinajstić information content (AvgIpc) is 2.24. The van der Waals surface area contributed by atoms with Crippen LogP contribution in [-0.4, -0.2) is 5.11 Å². The molecule has 0 aliphatic carbocycles. The van der Waals surface area contributed by atoms with E-state index in [1.807, 2.05) is 0 Å². The molecule has 0 bridgehead atoms. The summed E-state index contributed by atoms with van der Waals surface area (Å²) in [5.74, 6) is -0.496. The van der Waals surface area contributed by atoms with Gasteiger partial charge in [-0.05, 0) is 29.7 Å². The number of rotatable bonds is 2. The van der Waals surface area contributed by atoms with E-state index < -0.39 is 41.1 Å². The first-order valence-corrected chi connectivity index (χ1v) is 5.40. The predicted octanol–water partition coefficient (Wildman–Crippen LogP) is 4.41. The third-order valence-corrected chi connectivity index (χ3v) is 2.58. The first-order chi connectivity index (χ1) is 8.43. The Hall–Kier alpha value is -1.24. The first kappa shape index (κ1) is 15.8. The second kappa shape index (κ2) is 5.03. The van der Waals surface area contributed by atoms with Crippen LogP contribution in [0.3, 0.4) is 0 Å². The van der Waals surface area contributed by atoms with Gasteiger partial charge in [0.2, 0.25) is 0 Å².